The Bertz CT molecular complexity index is 839. The summed E-state index contributed by atoms with van der Waals surface area (Å²) in [5, 5.41) is 3.28. The van der Waals surface area contributed by atoms with Crippen LogP contribution < -0.4 is 5.32 Å². The summed E-state index contributed by atoms with van der Waals surface area (Å²) in [5.74, 6) is -0.241. The number of benzene rings is 1. The van der Waals surface area contributed by atoms with Gasteiger partial charge in [0.25, 0.3) is 0 Å². The first kappa shape index (κ1) is 19.4. The number of hydrogen-bond donors (Lipinski definition) is 1. The summed E-state index contributed by atoms with van der Waals surface area (Å²) in [6.07, 6.45) is 7.72. The molecule has 1 saturated carbocycles. The first-order valence-corrected chi connectivity index (χ1v) is 11.3. The number of aryl methyl sites for hydroxylation is 1. The number of fused-ring (bicyclic) bond motifs is 1. The highest BCUT2D eigenvalue weighted by Gasteiger charge is 2.36. The van der Waals surface area contributed by atoms with Crippen LogP contribution in [0.4, 0.5) is 9.18 Å². The fourth-order valence-corrected chi connectivity index (χ4v) is 6.25. The zero-order valence-electron chi connectivity index (χ0n) is 16.8. The van der Waals surface area contributed by atoms with Crippen LogP contribution in [-0.4, -0.2) is 23.5 Å². The number of nitrogens with zero attached hydrogens (tertiary/aromatic N) is 1. The van der Waals surface area contributed by atoms with Crippen LogP contribution in [-0.2, 0) is 12.8 Å². The minimum atomic E-state index is -0.241. The molecule has 3 nitrogen and oxygen atoms in total. The summed E-state index contributed by atoms with van der Waals surface area (Å²) in [6.45, 7) is 5.08. The van der Waals surface area contributed by atoms with Gasteiger partial charge in [-0.25, -0.2) is 9.18 Å². The third kappa shape index (κ3) is 3.69. The van der Waals surface area contributed by atoms with Gasteiger partial charge in [0.05, 0.1) is 6.04 Å². The van der Waals surface area contributed by atoms with Gasteiger partial charge in [0.2, 0.25) is 0 Å². The normalized spacial score (nSPS) is 20.1. The zero-order chi connectivity index (χ0) is 19.7. The molecule has 2 aliphatic rings. The summed E-state index contributed by atoms with van der Waals surface area (Å²) >= 11 is 1.80. The Morgan fingerprint density at radius 3 is 2.61 bits per heavy atom. The van der Waals surface area contributed by atoms with Crippen LogP contribution >= 0.6 is 11.3 Å². The van der Waals surface area contributed by atoms with Crippen LogP contribution in [0.5, 0.6) is 0 Å². The molecule has 5 heteroatoms. The van der Waals surface area contributed by atoms with E-state index in [4.69, 9.17) is 0 Å². The second-order valence-corrected chi connectivity index (χ2v) is 9.27. The number of rotatable bonds is 3. The lowest BCUT2D eigenvalue weighted by atomic mass is 9.91. The highest BCUT2D eigenvalue weighted by atomic mass is 32.1. The average molecular weight is 401 g/mol. The Labute approximate surface area is 170 Å². The maximum absolute atomic E-state index is 13.5. The van der Waals surface area contributed by atoms with Gasteiger partial charge in [-0.1, -0.05) is 38.3 Å². The van der Waals surface area contributed by atoms with Gasteiger partial charge in [-0.3, -0.25) is 0 Å². The van der Waals surface area contributed by atoms with E-state index in [0.29, 0.717) is 6.54 Å². The monoisotopic (exact) mass is 400 g/mol. The number of nitrogens with one attached hydrogen (secondary N) is 1. The van der Waals surface area contributed by atoms with Gasteiger partial charge in [-0.2, -0.15) is 0 Å². The van der Waals surface area contributed by atoms with Crippen molar-refractivity contribution in [2.75, 3.05) is 6.54 Å². The van der Waals surface area contributed by atoms with Crippen LogP contribution in [0, 0.1) is 12.7 Å². The number of amides is 2. The van der Waals surface area contributed by atoms with Crippen LogP contribution in [0.2, 0.25) is 0 Å². The summed E-state index contributed by atoms with van der Waals surface area (Å²) in [5.41, 5.74) is 3.82. The zero-order valence-corrected chi connectivity index (χ0v) is 17.6. The SMILES string of the molecule is CCc1c(C)sc2c1CCN(C(=O)NC1CCCCC1)C2c1ccc(F)cc1. The van der Waals surface area contributed by atoms with Gasteiger partial charge in [-0.05, 0) is 61.4 Å². The Hall–Kier alpha value is -1.88. The molecule has 2 aromatic rings. The van der Waals surface area contributed by atoms with E-state index in [0.717, 1.165) is 31.2 Å². The van der Waals surface area contributed by atoms with Gasteiger partial charge in [-0.15, -0.1) is 11.3 Å². The first-order valence-electron chi connectivity index (χ1n) is 10.5. The summed E-state index contributed by atoms with van der Waals surface area (Å²) in [6, 6.07) is 6.85. The predicted molar refractivity (Wildman–Crippen MR) is 112 cm³/mol. The van der Waals surface area contributed by atoms with Crippen molar-refractivity contribution in [2.45, 2.75) is 70.9 Å². The first-order chi connectivity index (χ1) is 13.6. The molecule has 1 aliphatic carbocycles. The van der Waals surface area contributed by atoms with E-state index in [9.17, 15) is 9.18 Å². The third-order valence-corrected chi connectivity index (χ3v) is 7.49. The smallest absolute Gasteiger partial charge is 0.318 e. The van der Waals surface area contributed by atoms with Crippen molar-refractivity contribution in [3.8, 4) is 0 Å². The van der Waals surface area contributed by atoms with Gasteiger partial charge >= 0.3 is 6.03 Å². The molecule has 0 bridgehead atoms. The number of carbonyl (C=O) groups is 1. The van der Waals surface area contributed by atoms with E-state index in [-0.39, 0.29) is 23.9 Å². The van der Waals surface area contributed by atoms with Crippen LogP contribution in [0.1, 0.15) is 71.5 Å². The maximum Gasteiger partial charge on any atom is 0.318 e. The van der Waals surface area contributed by atoms with Crippen LogP contribution in [0.25, 0.3) is 0 Å². The van der Waals surface area contributed by atoms with Crippen LogP contribution in [0.3, 0.4) is 0 Å². The van der Waals surface area contributed by atoms with Crippen molar-refractivity contribution < 1.29 is 9.18 Å². The lowest BCUT2D eigenvalue weighted by Crippen LogP contribution is -2.49. The van der Waals surface area contributed by atoms with Gasteiger partial charge in [0, 0.05) is 22.3 Å². The molecule has 1 aromatic heterocycles. The van der Waals surface area contributed by atoms with E-state index >= 15 is 0 Å². The van der Waals surface area contributed by atoms with Crippen molar-refractivity contribution in [2.24, 2.45) is 0 Å². The Morgan fingerprint density at radius 2 is 1.93 bits per heavy atom. The molecule has 2 heterocycles. The highest BCUT2D eigenvalue weighted by Crippen LogP contribution is 2.43. The number of thiophene rings is 1. The van der Waals surface area contributed by atoms with E-state index in [1.54, 1.807) is 11.3 Å². The second kappa shape index (κ2) is 8.24. The number of urea groups is 1. The van der Waals surface area contributed by atoms with E-state index in [2.05, 4.69) is 19.2 Å². The Balaban J connectivity index is 1.68. The molecule has 1 fully saturated rings. The third-order valence-electron chi connectivity index (χ3n) is 6.25. The van der Waals surface area contributed by atoms with E-state index in [1.165, 1.54) is 52.3 Å². The number of carbonyl (C=O) groups excluding carboxylic acids is 1. The van der Waals surface area contributed by atoms with Crippen molar-refractivity contribution in [3.63, 3.8) is 0 Å². The molecule has 0 spiro atoms. The fourth-order valence-electron chi connectivity index (χ4n) is 4.81. The Kier molecular flexibility index (Phi) is 5.72. The van der Waals surface area contributed by atoms with Crippen molar-refractivity contribution in [3.05, 3.63) is 56.5 Å². The largest absolute Gasteiger partial charge is 0.335 e. The van der Waals surface area contributed by atoms with Crippen molar-refractivity contribution in [1.82, 2.24) is 10.2 Å². The summed E-state index contributed by atoms with van der Waals surface area (Å²) in [4.78, 5) is 17.8. The van der Waals surface area contributed by atoms with E-state index in [1.807, 2.05) is 17.0 Å². The molecule has 1 atom stereocenters. The van der Waals surface area contributed by atoms with Crippen molar-refractivity contribution in [1.29, 1.82) is 0 Å². The topological polar surface area (TPSA) is 32.3 Å². The molecular weight excluding hydrogens is 371 g/mol. The van der Waals surface area contributed by atoms with Crippen LogP contribution in [0.15, 0.2) is 24.3 Å². The molecular formula is C23H29FN2OS. The van der Waals surface area contributed by atoms with Gasteiger partial charge < -0.3 is 10.2 Å². The highest BCUT2D eigenvalue weighted by molar-refractivity contribution is 7.12. The second-order valence-electron chi connectivity index (χ2n) is 8.02. The average Bonchev–Trinajstić information content (AvgIpc) is 3.03. The quantitative estimate of drug-likeness (QED) is 0.699. The molecule has 4 rings (SSSR count). The van der Waals surface area contributed by atoms with E-state index < -0.39 is 0 Å². The number of halogens is 1. The summed E-state index contributed by atoms with van der Waals surface area (Å²) < 4.78 is 13.5. The maximum atomic E-state index is 13.5. The minimum absolute atomic E-state index is 0.0241. The lowest BCUT2D eigenvalue weighted by molar-refractivity contribution is 0.174. The minimum Gasteiger partial charge on any atom is -0.335 e. The fraction of sp³-hybridized carbons (Fsp3) is 0.522. The number of hydrogen-bond acceptors (Lipinski definition) is 2. The van der Waals surface area contributed by atoms with Gasteiger partial charge in [0.1, 0.15) is 5.82 Å². The Morgan fingerprint density at radius 1 is 1.21 bits per heavy atom. The molecule has 150 valence electrons. The lowest BCUT2D eigenvalue weighted by Gasteiger charge is -2.37. The molecule has 2 amide bonds. The molecule has 0 radical (unpaired) electrons. The van der Waals surface area contributed by atoms with Crippen molar-refractivity contribution >= 4 is 17.4 Å². The van der Waals surface area contributed by atoms with Gasteiger partial charge in [0.15, 0.2) is 0 Å². The molecule has 1 unspecified atom stereocenters. The predicted octanol–water partition coefficient (Wildman–Crippen LogP) is 5.75. The summed E-state index contributed by atoms with van der Waals surface area (Å²) in [7, 11) is 0. The molecule has 1 aliphatic heterocycles. The molecule has 1 aromatic carbocycles. The standard InChI is InChI=1S/C23H29FN2OS/c1-3-19-15(2)28-22-20(19)13-14-26(21(22)16-9-11-17(24)12-10-16)23(27)25-18-7-5-4-6-8-18/h9-12,18,21H,3-8,13-14H2,1-2H3,(H,25,27). The molecule has 28 heavy (non-hydrogen) atoms. The molecule has 0 saturated heterocycles. The molecule has 1 N–H and O–H groups in total.